The fourth-order valence-corrected chi connectivity index (χ4v) is 9.77. The Morgan fingerprint density at radius 1 is 1.10 bits per heavy atom. The van der Waals surface area contributed by atoms with Gasteiger partial charge >= 0.3 is 6.18 Å². The minimum Gasteiger partial charge on any atom is -0.380 e. The van der Waals surface area contributed by atoms with Crippen molar-refractivity contribution in [1.29, 1.82) is 0 Å². The lowest BCUT2D eigenvalue weighted by Gasteiger charge is -2.53. The normalized spacial score (nSPS) is 42.3. The van der Waals surface area contributed by atoms with Crippen LogP contribution in [-0.2, 0) is 9.53 Å². The van der Waals surface area contributed by atoms with Crippen molar-refractivity contribution in [2.45, 2.75) is 95.3 Å². The van der Waals surface area contributed by atoms with Crippen molar-refractivity contribution in [3.63, 3.8) is 0 Å². The van der Waals surface area contributed by atoms with E-state index in [-0.39, 0.29) is 42.8 Å². The second kappa shape index (κ2) is 10.3. The first-order valence-corrected chi connectivity index (χ1v) is 16.0. The van der Waals surface area contributed by atoms with Gasteiger partial charge < -0.3 is 9.64 Å². The van der Waals surface area contributed by atoms with Crippen LogP contribution in [0, 0.1) is 40.4 Å². The molecule has 0 aromatic carbocycles. The van der Waals surface area contributed by atoms with Gasteiger partial charge in [0.05, 0.1) is 31.2 Å². The van der Waals surface area contributed by atoms with Gasteiger partial charge in [0.2, 0.25) is 5.91 Å². The van der Waals surface area contributed by atoms with Crippen molar-refractivity contribution in [3.8, 4) is 0 Å². The van der Waals surface area contributed by atoms with Gasteiger partial charge in [0.25, 0.3) is 0 Å². The van der Waals surface area contributed by atoms with Gasteiger partial charge in [-0.25, -0.2) is 15.2 Å². The number of halogens is 4. The SMILES string of the molecule is C[C@@H](C1CC2C(=O)N(C3CCCC(C4([C@H](F)C5NNCN5C)COC4)C3)CC2C(C(F)(F)F)C1)N1CCC2(CC2)C1. The zero-order valence-corrected chi connectivity index (χ0v) is 24.5. The second-order valence-corrected chi connectivity index (χ2v) is 14.9. The number of hydrazine groups is 1. The van der Waals surface area contributed by atoms with Crippen molar-refractivity contribution in [3.05, 3.63) is 0 Å². The van der Waals surface area contributed by atoms with E-state index < -0.39 is 41.7 Å². The molecule has 4 heterocycles. The molecule has 4 aliphatic heterocycles. The Morgan fingerprint density at radius 3 is 2.49 bits per heavy atom. The van der Waals surface area contributed by atoms with Crippen LogP contribution in [0.3, 0.4) is 0 Å². The molecule has 0 aromatic heterocycles. The van der Waals surface area contributed by atoms with Gasteiger partial charge in [0.1, 0.15) is 12.3 Å². The molecule has 9 atom stereocenters. The van der Waals surface area contributed by atoms with Gasteiger partial charge in [-0.3, -0.25) is 14.6 Å². The predicted molar refractivity (Wildman–Crippen MR) is 145 cm³/mol. The molecule has 41 heavy (non-hydrogen) atoms. The average molecular weight is 586 g/mol. The summed E-state index contributed by atoms with van der Waals surface area (Å²) in [6, 6.07) is -0.0551. The van der Waals surface area contributed by atoms with E-state index in [0.717, 1.165) is 38.8 Å². The maximum atomic E-state index is 16.1. The first-order valence-electron chi connectivity index (χ1n) is 16.0. The number of hydrogen-bond acceptors (Lipinski definition) is 6. The molecule has 232 valence electrons. The number of carbonyl (C=O) groups is 1. The van der Waals surface area contributed by atoms with Gasteiger partial charge in [-0.05, 0) is 95.1 Å². The molecule has 0 aromatic rings. The first kappa shape index (κ1) is 28.7. The summed E-state index contributed by atoms with van der Waals surface area (Å²) in [6.07, 6.45) is 1.58. The number of nitrogens with zero attached hydrogens (tertiary/aromatic N) is 3. The summed E-state index contributed by atoms with van der Waals surface area (Å²) in [5.74, 6) is -2.82. The average Bonchev–Trinajstić information content (AvgIpc) is 3.19. The lowest BCUT2D eigenvalue weighted by Crippen LogP contribution is -2.63. The van der Waals surface area contributed by atoms with E-state index in [0.29, 0.717) is 38.1 Å². The molecule has 4 saturated heterocycles. The molecule has 7 aliphatic rings. The van der Waals surface area contributed by atoms with E-state index in [2.05, 4.69) is 22.7 Å². The highest BCUT2D eigenvalue weighted by molar-refractivity contribution is 5.82. The molecule has 7 fully saturated rings. The van der Waals surface area contributed by atoms with Gasteiger partial charge in [0, 0.05) is 31.1 Å². The van der Waals surface area contributed by atoms with Crippen LogP contribution in [0.25, 0.3) is 0 Å². The quantitative estimate of drug-likeness (QED) is 0.463. The third kappa shape index (κ3) is 4.84. The number of nitrogens with one attached hydrogen (secondary N) is 2. The Bertz CT molecular complexity index is 1010. The Balaban J connectivity index is 1.07. The molecular weight excluding hydrogens is 538 g/mol. The maximum Gasteiger partial charge on any atom is 0.392 e. The zero-order valence-electron chi connectivity index (χ0n) is 24.5. The maximum absolute atomic E-state index is 16.1. The zero-order chi connectivity index (χ0) is 28.7. The van der Waals surface area contributed by atoms with Crippen LogP contribution in [-0.4, -0.2) is 97.8 Å². The van der Waals surface area contributed by atoms with E-state index >= 15 is 4.39 Å². The summed E-state index contributed by atoms with van der Waals surface area (Å²) < 4.78 is 65.4. The van der Waals surface area contributed by atoms with Crippen LogP contribution in [0.1, 0.15) is 64.7 Å². The molecule has 7 nitrogen and oxygen atoms in total. The molecule has 3 aliphatic carbocycles. The van der Waals surface area contributed by atoms with Crippen LogP contribution < -0.4 is 10.9 Å². The van der Waals surface area contributed by atoms with Gasteiger partial charge in [-0.2, -0.15) is 13.2 Å². The van der Waals surface area contributed by atoms with Crippen LogP contribution >= 0.6 is 0 Å². The fourth-order valence-electron chi connectivity index (χ4n) is 9.77. The fraction of sp³-hybridized carbons (Fsp3) is 0.967. The highest BCUT2D eigenvalue weighted by Gasteiger charge is 2.61. The number of carbonyl (C=O) groups excluding carboxylic acids is 1. The van der Waals surface area contributed by atoms with Crippen molar-refractivity contribution in [2.75, 3.05) is 46.6 Å². The lowest BCUT2D eigenvalue weighted by atomic mass is 9.63. The second-order valence-electron chi connectivity index (χ2n) is 14.9. The minimum atomic E-state index is -4.31. The highest BCUT2D eigenvalue weighted by Crippen LogP contribution is 2.56. The predicted octanol–water partition coefficient (Wildman–Crippen LogP) is 3.76. The topological polar surface area (TPSA) is 60.1 Å². The van der Waals surface area contributed by atoms with E-state index in [1.165, 1.54) is 12.8 Å². The summed E-state index contributed by atoms with van der Waals surface area (Å²) >= 11 is 0. The Kier molecular flexibility index (Phi) is 7.21. The number of ether oxygens (including phenoxy) is 1. The van der Waals surface area contributed by atoms with Crippen LogP contribution in [0.15, 0.2) is 0 Å². The van der Waals surface area contributed by atoms with E-state index in [1.54, 1.807) is 0 Å². The van der Waals surface area contributed by atoms with E-state index in [4.69, 9.17) is 4.74 Å². The molecular formula is C30H47F4N5O2. The van der Waals surface area contributed by atoms with Crippen molar-refractivity contribution in [1.82, 2.24) is 25.6 Å². The third-order valence-corrected chi connectivity index (χ3v) is 12.8. The lowest BCUT2D eigenvalue weighted by molar-refractivity contribution is -0.206. The molecule has 2 N–H and O–H groups in total. The molecule has 0 radical (unpaired) electrons. The third-order valence-electron chi connectivity index (χ3n) is 12.8. The minimum absolute atomic E-state index is 0.0346. The van der Waals surface area contributed by atoms with Crippen molar-refractivity contribution < 1.29 is 27.1 Å². The summed E-state index contributed by atoms with van der Waals surface area (Å²) in [5, 5.41) is 0. The highest BCUT2D eigenvalue weighted by atomic mass is 19.4. The van der Waals surface area contributed by atoms with E-state index in [9.17, 15) is 18.0 Å². The largest absolute Gasteiger partial charge is 0.392 e. The van der Waals surface area contributed by atoms with Crippen LogP contribution in [0.2, 0.25) is 0 Å². The smallest absolute Gasteiger partial charge is 0.380 e. The van der Waals surface area contributed by atoms with Crippen molar-refractivity contribution in [2.24, 2.45) is 40.4 Å². The number of amides is 1. The summed E-state index contributed by atoms with van der Waals surface area (Å²) in [6.45, 7) is 5.52. The van der Waals surface area contributed by atoms with Crippen LogP contribution in [0.4, 0.5) is 17.6 Å². The monoisotopic (exact) mass is 585 g/mol. The Morgan fingerprint density at radius 2 is 1.88 bits per heavy atom. The standard InChI is InChI=1S/C30H47F4N5O2/c1-18(38-9-8-28(14-38)6-7-28)19-10-22-23(24(11-19)30(32,33)34)13-39(27(22)40)21-5-3-4-20(12-21)29(15-41-16-29)25(31)26-36-35-17-37(26)2/h18-26,35-36H,3-17H2,1-2H3/t18-,19?,20?,21?,22?,23?,24?,25+,26?/m0/s1. The first-order chi connectivity index (χ1) is 19.5. The molecule has 1 spiro atoms. The number of rotatable bonds is 6. The number of alkyl halides is 4. The van der Waals surface area contributed by atoms with Crippen molar-refractivity contribution >= 4 is 5.91 Å². The van der Waals surface area contributed by atoms with Gasteiger partial charge in [-0.15, -0.1) is 0 Å². The van der Waals surface area contributed by atoms with Gasteiger partial charge in [-0.1, -0.05) is 6.42 Å². The summed E-state index contributed by atoms with van der Waals surface area (Å²) in [7, 11) is 1.88. The van der Waals surface area contributed by atoms with E-state index in [1.807, 2.05) is 16.8 Å². The number of hydrogen-bond donors (Lipinski definition) is 2. The molecule has 0 bridgehead atoms. The number of fused-ring (bicyclic) bond motifs is 1. The molecule has 1 amide bonds. The molecule has 11 heteroatoms. The Labute approximate surface area is 241 Å². The van der Waals surface area contributed by atoms with Crippen LogP contribution in [0.5, 0.6) is 0 Å². The molecule has 7 unspecified atom stereocenters. The summed E-state index contributed by atoms with van der Waals surface area (Å²) in [4.78, 5) is 20.1. The number of likely N-dealkylation sites (tertiary alicyclic amines) is 2. The molecule has 3 saturated carbocycles. The summed E-state index contributed by atoms with van der Waals surface area (Å²) in [5.41, 5.74) is 5.87. The molecule has 7 rings (SSSR count). The van der Waals surface area contributed by atoms with Gasteiger partial charge in [0.15, 0.2) is 0 Å². The Hall–Kier alpha value is -1.01.